The van der Waals surface area contributed by atoms with Gasteiger partial charge in [-0.2, -0.15) is 0 Å². The molecule has 1 aromatic carbocycles. The number of rotatable bonds is 5. The Morgan fingerprint density at radius 1 is 1.41 bits per heavy atom. The van der Waals surface area contributed by atoms with Crippen molar-refractivity contribution in [2.45, 2.75) is 6.42 Å². The molecule has 0 aromatic heterocycles. The highest BCUT2D eigenvalue weighted by Gasteiger charge is 2.06. The summed E-state index contributed by atoms with van der Waals surface area (Å²) in [6.45, 7) is 0.293. The van der Waals surface area contributed by atoms with E-state index in [9.17, 15) is 18.3 Å². The average molecular weight is 257 g/mol. The van der Waals surface area contributed by atoms with E-state index in [-0.39, 0.29) is 17.4 Å². The first-order chi connectivity index (χ1) is 7.88. The largest absolute Gasteiger partial charge is 0.508 e. The van der Waals surface area contributed by atoms with Crippen molar-refractivity contribution in [2.24, 2.45) is 0 Å². The number of nitrogens with one attached hydrogen (secondary N) is 1. The third kappa shape index (κ3) is 5.35. The normalized spacial score (nSPS) is 11.1. The summed E-state index contributed by atoms with van der Waals surface area (Å²) in [5.41, 5.74) is 0.351. The van der Waals surface area contributed by atoms with Crippen molar-refractivity contribution < 1.29 is 18.3 Å². The number of carbonyl (C=O) groups is 1. The van der Waals surface area contributed by atoms with Crippen molar-refractivity contribution >= 4 is 15.7 Å². The number of aromatic hydroxyl groups is 1. The molecule has 1 aromatic rings. The highest BCUT2D eigenvalue weighted by atomic mass is 32.2. The fourth-order valence-electron chi connectivity index (χ4n) is 1.29. The summed E-state index contributed by atoms with van der Waals surface area (Å²) in [6, 6.07) is 5.97. The number of carbonyl (C=O) groups excluding carboxylic acids is 1. The minimum atomic E-state index is -2.98. The summed E-state index contributed by atoms with van der Waals surface area (Å²) in [5.74, 6) is -0.254. The molecule has 0 aliphatic carbocycles. The number of sulfone groups is 1. The Morgan fingerprint density at radius 2 is 2.12 bits per heavy atom. The fraction of sp³-hybridized carbons (Fsp3) is 0.364. The van der Waals surface area contributed by atoms with Crippen LogP contribution in [0, 0.1) is 0 Å². The van der Waals surface area contributed by atoms with Crippen LogP contribution in [0.4, 0.5) is 0 Å². The third-order valence-corrected chi connectivity index (χ3v) is 3.12. The molecular weight excluding hydrogens is 242 g/mol. The molecule has 0 bridgehead atoms. The highest BCUT2D eigenvalue weighted by Crippen LogP contribution is 2.10. The molecule has 0 unspecified atom stereocenters. The second-order valence-electron chi connectivity index (χ2n) is 3.79. The second-order valence-corrected chi connectivity index (χ2v) is 6.05. The minimum Gasteiger partial charge on any atom is -0.508 e. The van der Waals surface area contributed by atoms with E-state index in [1.54, 1.807) is 12.1 Å². The van der Waals surface area contributed by atoms with Gasteiger partial charge in [0.1, 0.15) is 15.6 Å². The van der Waals surface area contributed by atoms with Crippen LogP contribution < -0.4 is 5.32 Å². The van der Waals surface area contributed by atoms with Gasteiger partial charge in [-0.3, -0.25) is 4.79 Å². The van der Waals surface area contributed by atoms with E-state index in [0.717, 1.165) is 6.26 Å². The van der Waals surface area contributed by atoms with Crippen LogP contribution in [0.1, 0.15) is 16.8 Å². The molecule has 0 aliphatic heterocycles. The minimum absolute atomic E-state index is 0.0220. The van der Waals surface area contributed by atoms with Crippen LogP contribution in [0.5, 0.6) is 5.75 Å². The maximum absolute atomic E-state index is 11.5. The number of hydrogen-bond acceptors (Lipinski definition) is 4. The molecule has 0 spiro atoms. The SMILES string of the molecule is CS(=O)(=O)CCCNC(=O)c1cccc(O)c1. The predicted molar refractivity (Wildman–Crippen MR) is 64.8 cm³/mol. The molecule has 17 heavy (non-hydrogen) atoms. The van der Waals surface area contributed by atoms with Crippen LogP contribution in [-0.2, 0) is 9.84 Å². The fourth-order valence-corrected chi connectivity index (χ4v) is 1.95. The van der Waals surface area contributed by atoms with E-state index >= 15 is 0 Å². The highest BCUT2D eigenvalue weighted by molar-refractivity contribution is 7.90. The molecule has 6 heteroatoms. The quantitative estimate of drug-likeness (QED) is 0.755. The Morgan fingerprint density at radius 3 is 2.71 bits per heavy atom. The Kier molecular flexibility index (Phi) is 4.51. The maximum Gasteiger partial charge on any atom is 0.251 e. The molecule has 1 amide bonds. The van der Waals surface area contributed by atoms with Crippen LogP contribution in [0.25, 0.3) is 0 Å². The van der Waals surface area contributed by atoms with Gasteiger partial charge in [0.05, 0.1) is 5.75 Å². The van der Waals surface area contributed by atoms with E-state index in [0.29, 0.717) is 18.5 Å². The lowest BCUT2D eigenvalue weighted by Crippen LogP contribution is -2.25. The molecule has 0 saturated carbocycles. The summed E-state index contributed by atoms with van der Waals surface area (Å²) >= 11 is 0. The van der Waals surface area contributed by atoms with E-state index in [1.165, 1.54) is 12.1 Å². The standard InChI is InChI=1S/C11H15NO4S/c1-17(15,16)7-3-6-12-11(14)9-4-2-5-10(13)8-9/h2,4-5,8,13H,3,6-7H2,1H3,(H,12,14). The Bertz CT molecular complexity index is 496. The Labute approximate surface area is 100 Å². The predicted octanol–water partition coefficient (Wildman–Crippen LogP) is 0.557. The van der Waals surface area contributed by atoms with Gasteiger partial charge in [-0.25, -0.2) is 8.42 Å². The number of hydrogen-bond donors (Lipinski definition) is 2. The lowest BCUT2D eigenvalue weighted by atomic mass is 10.2. The van der Waals surface area contributed by atoms with Crippen molar-refractivity contribution in [1.82, 2.24) is 5.32 Å². The molecule has 0 saturated heterocycles. The zero-order chi connectivity index (χ0) is 12.9. The molecule has 2 N–H and O–H groups in total. The van der Waals surface area contributed by atoms with Gasteiger partial charge < -0.3 is 10.4 Å². The van der Waals surface area contributed by atoms with Gasteiger partial charge in [0.25, 0.3) is 5.91 Å². The van der Waals surface area contributed by atoms with Gasteiger partial charge in [0.2, 0.25) is 0 Å². The van der Waals surface area contributed by atoms with E-state index < -0.39 is 9.84 Å². The van der Waals surface area contributed by atoms with Crippen molar-refractivity contribution in [3.05, 3.63) is 29.8 Å². The third-order valence-electron chi connectivity index (χ3n) is 2.09. The van der Waals surface area contributed by atoms with E-state index in [2.05, 4.69) is 5.32 Å². The summed E-state index contributed by atoms with van der Waals surface area (Å²) in [5, 5.41) is 11.8. The van der Waals surface area contributed by atoms with Crippen LogP contribution >= 0.6 is 0 Å². The van der Waals surface area contributed by atoms with E-state index in [4.69, 9.17) is 0 Å². The summed E-state index contributed by atoms with van der Waals surface area (Å²) < 4.78 is 21.7. The number of phenolic OH excluding ortho intramolecular Hbond substituents is 1. The van der Waals surface area contributed by atoms with Crippen molar-refractivity contribution in [3.8, 4) is 5.75 Å². The van der Waals surface area contributed by atoms with Crippen LogP contribution in [0.15, 0.2) is 24.3 Å². The smallest absolute Gasteiger partial charge is 0.251 e. The van der Waals surface area contributed by atoms with Gasteiger partial charge in [-0.15, -0.1) is 0 Å². The van der Waals surface area contributed by atoms with E-state index in [1.807, 2.05) is 0 Å². The second kappa shape index (κ2) is 5.67. The first kappa shape index (κ1) is 13.5. The summed E-state index contributed by atoms with van der Waals surface area (Å²) in [7, 11) is -2.98. The Hall–Kier alpha value is -1.56. The number of benzene rings is 1. The first-order valence-electron chi connectivity index (χ1n) is 5.13. The first-order valence-corrected chi connectivity index (χ1v) is 7.19. The topological polar surface area (TPSA) is 83.5 Å². The van der Waals surface area contributed by atoms with Crippen LogP contribution in [0.3, 0.4) is 0 Å². The number of phenols is 1. The summed E-state index contributed by atoms with van der Waals surface area (Å²) in [6.07, 6.45) is 1.54. The van der Waals surface area contributed by atoms with Crippen molar-refractivity contribution in [3.63, 3.8) is 0 Å². The lowest BCUT2D eigenvalue weighted by Gasteiger charge is -2.04. The van der Waals surface area contributed by atoms with Crippen molar-refractivity contribution in [2.75, 3.05) is 18.6 Å². The molecule has 0 radical (unpaired) electrons. The number of amides is 1. The molecule has 0 fully saturated rings. The average Bonchev–Trinajstić information content (AvgIpc) is 2.23. The Balaban J connectivity index is 2.41. The zero-order valence-corrected chi connectivity index (χ0v) is 10.3. The van der Waals surface area contributed by atoms with Gasteiger partial charge in [0.15, 0.2) is 0 Å². The van der Waals surface area contributed by atoms with Crippen LogP contribution in [-0.4, -0.2) is 38.0 Å². The molecule has 0 aliphatic rings. The summed E-state index contributed by atoms with van der Waals surface area (Å²) in [4.78, 5) is 11.5. The zero-order valence-electron chi connectivity index (χ0n) is 9.51. The van der Waals surface area contributed by atoms with Crippen molar-refractivity contribution in [1.29, 1.82) is 0 Å². The molecule has 1 rings (SSSR count). The van der Waals surface area contributed by atoms with Gasteiger partial charge in [-0.05, 0) is 24.6 Å². The molecule has 0 heterocycles. The van der Waals surface area contributed by atoms with Crippen LogP contribution in [0.2, 0.25) is 0 Å². The monoisotopic (exact) mass is 257 g/mol. The maximum atomic E-state index is 11.5. The van der Waals surface area contributed by atoms with Gasteiger partial charge in [0, 0.05) is 18.4 Å². The van der Waals surface area contributed by atoms with Gasteiger partial charge in [-0.1, -0.05) is 6.07 Å². The molecular formula is C11H15NO4S. The molecule has 94 valence electrons. The lowest BCUT2D eigenvalue weighted by molar-refractivity contribution is 0.0953. The molecule has 0 atom stereocenters. The molecule has 5 nitrogen and oxygen atoms in total. The van der Waals surface area contributed by atoms with Gasteiger partial charge >= 0.3 is 0 Å².